The van der Waals surface area contributed by atoms with Crippen LogP contribution in [-0.4, -0.2) is 36.8 Å². The topological polar surface area (TPSA) is 106 Å². The number of benzene rings is 2. The van der Waals surface area contributed by atoms with Crippen LogP contribution in [0.15, 0.2) is 65.7 Å². The minimum Gasteiger partial charge on any atom is -0.361 e. The third-order valence-corrected chi connectivity index (χ3v) is 5.94. The zero-order chi connectivity index (χ0) is 20.1. The summed E-state index contributed by atoms with van der Waals surface area (Å²) in [6.07, 6.45) is 3.69. The van der Waals surface area contributed by atoms with Crippen molar-refractivity contribution in [2.24, 2.45) is 0 Å². The van der Waals surface area contributed by atoms with Crippen LogP contribution < -0.4 is 4.72 Å². The van der Waals surface area contributed by atoms with Crippen LogP contribution in [0.4, 0.5) is 0 Å². The number of aromatic nitrogens is 1. The second kappa shape index (κ2) is 8.25. The van der Waals surface area contributed by atoms with Crippen LogP contribution in [0.2, 0.25) is 0 Å². The van der Waals surface area contributed by atoms with Gasteiger partial charge in [-0.2, -0.15) is 9.98 Å². The van der Waals surface area contributed by atoms with E-state index in [1.54, 1.807) is 31.3 Å². The molecule has 3 aromatic rings. The van der Waals surface area contributed by atoms with Gasteiger partial charge >= 0.3 is 0 Å². The first-order valence-corrected chi connectivity index (χ1v) is 10.3. The molecule has 0 saturated heterocycles. The molecule has 144 valence electrons. The highest BCUT2D eigenvalue weighted by Crippen LogP contribution is 2.20. The molecule has 0 fully saturated rings. The fourth-order valence-corrected chi connectivity index (χ4v) is 4.23. The van der Waals surface area contributed by atoms with Crippen LogP contribution in [0.5, 0.6) is 0 Å². The van der Waals surface area contributed by atoms with Gasteiger partial charge in [-0.05, 0) is 37.1 Å². The van der Waals surface area contributed by atoms with Crippen LogP contribution in [0, 0.1) is 11.5 Å². The van der Waals surface area contributed by atoms with E-state index in [4.69, 9.17) is 0 Å². The zero-order valence-corrected chi connectivity index (χ0v) is 16.1. The van der Waals surface area contributed by atoms with Gasteiger partial charge in [0.05, 0.1) is 4.90 Å². The minimum atomic E-state index is -3.93. The van der Waals surface area contributed by atoms with Crippen LogP contribution in [0.25, 0.3) is 10.9 Å². The number of para-hydroxylation sites is 1. The highest BCUT2D eigenvalue weighted by molar-refractivity contribution is 7.89. The third-order valence-electron chi connectivity index (χ3n) is 4.45. The van der Waals surface area contributed by atoms with Gasteiger partial charge in [-0.1, -0.05) is 36.4 Å². The van der Waals surface area contributed by atoms with Crippen molar-refractivity contribution in [3.05, 3.63) is 66.4 Å². The number of carbonyl (C=O) groups is 1. The van der Waals surface area contributed by atoms with Crippen LogP contribution in [-0.2, 0) is 21.2 Å². The molecule has 0 radical (unpaired) electrons. The number of amides is 1. The summed E-state index contributed by atoms with van der Waals surface area (Å²) in [4.78, 5) is 17.0. The van der Waals surface area contributed by atoms with Gasteiger partial charge in [-0.25, -0.2) is 13.3 Å². The first-order valence-electron chi connectivity index (χ1n) is 8.79. The molecule has 0 saturated carbocycles. The van der Waals surface area contributed by atoms with Gasteiger partial charge < -0.3 is 4.98 Å². The van der Waals surface area contributed by atoms with E-state index in [1.807, 2.05) is 30.5 Å². The van der Waals surface area contributed by atoms with E-state index >= 15 is 0 Å². The molecule has 0 bridgehead atoms. The van der Waals surface area contributed by atoms with Gasteiger partial charge in [-0.3, -0.25) is 4.79 Å². The molecule has 0 spiro atoms. The number of nitrogens with one attached hydrogen (secondary N) is 2. The van der Waals surface area contributed by atoms with Crippen LogP contribution in [0.1, 0.15) is 12.5 Å². The minimum absolute atomic E-state index is 0.0618. The van der Waals surface area contributed by atoms with Gasteiger partial charge in [0, 0.05) is 23.6 Å². The molecule has 8 heteroatoms. The Kier molecular flexibility index (Phi) is 5.78. The monoisotopic (exact) mass is 396 g/mol. The van der Waals surface area contributed by atoms with Crippen molar-refractivity contribution >= 4 is 26.8 Å². The maximum Gasteiger partial charge on any atom is 0.254 e. The molecule has 1 heterocycles. The fourth-order valence-electron chi connectivity index (χ4n) is 3.02. The van der Waals surface area contributed by atoms with Crippen molar-refractivity contribution in [2.45, 2.75) is 24.3 Å². The Balaban J connectivity index is 1.96. The number of nitrogens with zero attached hydrogens (tertiary/aromatic N) is 2. The van der Waals surface area contributed by atoms with Crippen molar-refractivity contribution in [3.8, 4) is 6.19 Å². The lowest BCUT2D eigenvalue weighted by molar-refractivity contribution is -0.129. The van der Waals surface area contributed by atoms with Crippen LogP contribution in [0.3, 0.4) is 0 Å². The second-order valence-corrected chi connectivity index (χ2v) is 7.95. The van der Waals surface area contributed by atoms with E-state index < -0.39 is 22.0 Å². The third kappa shape index (κ3) is 4.06. The van der Waals surface area contributed by atoms with Crippen molar-refractivity contribution in [1.29, 1.82) is 5.26 Å². The SMILES string of the molecule is CCN(C#N)C(=O)C(Cc1c[nH]c2ccccc12)NS(=O)(=O)c1ccccc1. The highest BCUT2D eigenvalue weighted by atomic mass is 32.2. The van der Waals surface area contributed by atoms with E-state index in [1.165, 1.54) is 12.1 Å². The number of likely N-dealkylation sites (N-methyl/N-ethyl adjacent to an activating group) is 1. The van der Waals surface area contributed by atoms with Crippen molar-refractivity contribution in [3.63, 3.8) is 0 Å². The molecular formula is C20H20N4O3S. The highest BCUT2D eigenvalue weighted by Gasteiger charge is 2.30. The summed E-state index contributed by atoms with van der Waals surface area (Å²) in [6, 6.07) is 14.3. The van der Waals surface area contributed by atoms with E-state index in [0.717, 1.165) is 21.4 Å². The molecule has 0 aliphatic carbocycles. The summed E-state index contributed by atoms with van der Waals surface area (Å²) < 4.78 is 28.0. The first kappa shape index (κ1) is 19.6. The fraction of sp³-hybridized carbons (Fsp3) is 0.200. The number of aromatic amines is 1. The largest absolute Gasteiger partial charge is 0.361 e. The predicted molar refractivity (Wildman–Crippen MR) is 106 cm³/mol. The summed E-state index contributed by atoms with van der Waals surface area (Å²) in [5, 5.41) is 10.1. The number of carbonyl (C=O) groups excluding carboxylic acids is 1. The number of rotatable bonds is 7. The lowest BCUT2D eigenvalue weighted by atomic mass is 10.0. The molecule has 1 unspecified atom stereocenters. The Morgan fingerprint density at radius 1 is 1.18 bits per heavy atom. The standard InChI is InChI=1S/C20H20N4O3S/c1-2-24(14-21)20(25)19(23-28(26,27)16-8-4-3-5-9-16)12-15-13-22-18-11-7-6-10-17(15)18/h3-11,13,19,22-23H,2,12H2,1H3. The molecule has 1 amide bonds. The van der Waals surface area contributed by atoms with Gasteiger partial charge in [0.15, 0.2) is 6.19 Å². The Hall–Kier alpha value is -3.15. The lowest BCUT2D eigenvalue weighted by Crippen LogP contribution is -2.48. The summed E-state index contributed by atoms with van der Waals surface area (Å²) >= 11 is 0. The Bertz CT molecular complexity index is 1120. The maximum absolute atomic E-state index is 12.8. The Labute approximate surface area is 163 Å². The first-order chi connectivity index (χ1) is 13.5. The van der Waals surface area contributed by atoms with E-state index in [0.29, 0.717) is 0 Å². The smallest absolute Gasteiger partial charge is 0.254 e. The lowest BCUT2D eigenvalue weighted by Gasteiger charge is -2.21. The molecule has 1 atom stereocenters. The molecule has 2 N–H and O–H groups in total. The summed E-state index contributed by atoms with van der Waals surface area (Å²) in [6.45, 7) is 1.82. The van der Waals surface area contributed by atoms with Crippen molar-refractivity contribution < 1.29 is 13.2 Å². The average Bonchev–Trinajstić information content (AvgIpc) is 3.12. The average molecular weight is 396 g/mol. The zero-order valence-electron chi connectivity index (χ0n) is 15.3. The van der Waals surface area contributed by atoms with Gasteiger partial charge in [-0.15, -0.1) is 0 Å². The molecule has 7 nitrogen and oxygen atoms in total. The number of nitriles is 1. The van der Waals surface area contributed by atoms with Crippen LogP contribution >= 0.6 is 0 Å². The van der Waals surface area contributed by atoms with E-state index in [2.05, 4.69) is 9.71 Å². The van der Waals surface area contributed by atoms with Gasteiger partial charge in [0.2, 0.25) is 10.0 Å². The number of fused-ring (bicyclic) bond motifs is 1. The quantitative estimate of drug-likeness (QED) is 0.472. The molecule has 3 rings (SSSR count). The van der Waals surface area contributed by atoms with Crippen molar-refractivity contribution in [1.82, 2.24) is 14.6 Å². The molecular weight excluding hydrogens is 376 g/mol. The van der Waals surface area contributed by atoms with Crippen molar-refractivity contribution in [2.75, 3.05) is 6.54 Å². The van der Waals surface area contributed by atoms with Gasteiger partial charge in [0.25, 0.3) is 5.91 Å². The molecule has 2 aromatic carbocycles. The summed E-state index contributed by atoms with van der Waals surface area (Å²) in [5.74, 6) is -0.588. The number of hydrogen-bond acceptors (Lipinski definition) is 4. The molecule has 1 aromatic heterocycles. The van der Waals surface area contributed by atoms with Gasteiger partial charge in [0.1, 0.15) is 6.04 Å². The van der Waals surface area contributed by atoms with E-state index in [-0.39, 0.29) is 17.9 Å². The Morgan fingerprint density at radius 2 is 1.86 bits per heavy atom. The second-order valence-electron chi connectivity index (χ2n) is 6.23. The molecule has 0 aliphatic rings. The Morgan fingerprint density at radius 3 is 2.54 bits per heavy atom. The normalized spacial score (nSPS) is 12.4. The summed E-state index contributed by atoms with van der Waals surface area (Å²) in [7, 11) is -3.93. The summed E-state index contributed by atoms with van der Waals surface area (Å²) in [5.41, 5.74) is 1.68. The van der Waals surface area contributed by atoms with E-state index in [9.17, 15) is 18.5 Å². The number of hydrogen-bond donors (Lipinski definition) is 2. The predicted octanol–water partition coefficient (Wildman–Crippen LogP) is 2.39. The maximum atomic E-state index is 12.8. The molecule has 0 aliphatic heterocycles. The number of sulfonamides is 1. The molecule has 28 heavy (non-hydrogen) atoms. The number of H-pyrrole nitrogens is 1.